The zero-order chi connectivity index (χ0) is 15.4. The molecule has 0 aromatic rings. The van der Waals surface area contributed by atoms with Gasteiger partial charge in [0.1, 0.15) is 5.54 Å². The monoisotopic (exact) mass is 287 g/mol. The van der Waals surface area contributed by atoms with Gasteiger partial charge in [-0.15, -0.1) is 0 Å². The minimum Gasteiger partial charge on any atom is -0.468 e. The Balaban J connectivity index is 3.54. The van der Waals surface area contributed by atoms with Crippen molar-refractivity contribution in [1.82, 2.24) is 0 Å². The van der Waals surface area contributed by atoms with Crippen molar-refractivity contribution < 1.29 is 14.3 Å². The Hall–Kier alpha value is -0.610. The van der Waals surface area contributed by atoms with Gasteiger partial charge in [-0.05, 0) is 39.5 Å². The van der Waals surface area contributed by atoms with Crippen LogP contribution < -0.4 is 5.73 Å². The number of unbranched alkanes of at least 4 members (excludes halogenated alkanes) is 4. The van der Waals surface area contributed by atoms with Crippen molar-refractivity contribution in [3.63, 3.8) is 0 Å². The number of esters is 1. The van der Waals surface area contributed by atoms with Crippen molar-refractivity contribution >= 4 is 5.97 Å². The number of nitrogens with two attached hydrogens (primary N) is 1. The molecule has 20 heavy (non-hydrogen) atoms. The van der Waals surface area contributed by atoms with E-state index in [0.717, 1.165) is 25.9 Å². The molecule has 0 spiro atoms. The molecule has 2 atom stereocenters. The van der Waals surface area contributed by atoms with Crippen LogP contribution in [-0.2, 0) is 14.3 Å². The average Bonchev–Trinajstić information content (AvgIpc) is 2.42. The fraction of sp³-hybridized carbons (Fsp3) is 0.938. The van der Waals surface area contributed by atoms with Crippen LogP contribution in [0.4, 0.5) is 0 Å². The first-order chi connectivity index (χ1) is 9.44. The van der Waals surface area contributed by atoms with Gasteiger partial charge in [0, 0.05) is 6.61 Å². The number of carbonyl (C=O) groups excluding carboxylic acids is 1. The van der Waals surface area contributed by atoms with Crippen LogP contribution in [0.2, 0.25) is 0 Å². The summed E-state index contributed by atoms with van der Waals surface area (Å²) in [6, 6.07) is 0. The van der Waals surface area contributed by atoms with Crippen molar-refractivity contribution in [3.05, 3.63) is 0 Å². The molecule has 0 aliphatic rings. The topological polar surface area (TPSA) is 61.5 Å². The summed E-state index contributed by atoms with van der Waals surface area (Å²) in [6.07, 6.45) is 9.05. The largest absolute Gasteiger partial charge is 0.468 e. The molecule has 0 radical (unpaired) electrons. The van der Waals surface area contributed by atoms with Crippen LogP contribution in [0.3, 0.4) is 0 Å². The van der Waals surface area contributed by atoms with Gasteiger partial charge in [-0.25, -0.2) is 0 Å². The van der Waals surface area contributed by atoms with Gasteiger partial charge < -0.3 is 15.2 Å². The van der Waals surface area contributed by atoms with E-state index in [9.17, 15) is 4.79 Å². The number of ether oxygens (including phenoxy) is 2. The predicted octanol–water partition coefficient (Wildman–Crippen LogP) is 3.42. The van der Waals surface area contributed by atoms with Crippen LogP contribution in [0.1, 0.15) is 72.1 Å². The van der Waals surface area contributed by atoms with Crippen LogP contribution in [0.15, 0.2) is 0 Å². The third kappa shape index (κ3) is 9.32. The lowest BCUT2D eigenvalue weighted by atomic mass is 9.96. The number of hydrogen-bond acceptors (Lipinski definition) is 4. The third-order valence-electron chi connectivity index (χ3n) is 3.61. The quantitative estimate of drug-likeness (QED) is 0.441. The Bertz CT molecular complexity index is 254. The van der Waals surface area contributed by atoms with E-state index in [1.807, 2.05) is 0 Å². The van der Waals surface area contributed by atoms with E-state index in [1.165, 1.54) is 32.8 Å². The van der Waals surface area contributed by atoms with Crippen LogP contribution in [0.5, 0.6) is 0 Å². The smallest absolute Gasteiger partial charge is 0.325 e. The molecule has 0 aliphatic heterocycles. The molecule has 0 aliphatic carbocycles. The molecule has 0 bridgehead atoms. The summed E-state index contributed by atoms with van der Waals surface area (Å²) in [4.78, 5) is 11.4. The van der Waals surface area contributed by atoms with Gasteiger partial charge >= 0.3 is 5.97 Å². The van der Waals surface area contributed by atoms with Crippen molar-refractivity contribution in [2.75, 3.05) is 13.7 Å². The molecule has 0 aromatic carbocycles. The van der Waals surface area contributed by atoms with E-state index >= 15 is 0 Å². The van der Waals surface area contributed by atoms with Crippen LogP contribution in [0.25, 0.3) is 0 Å². The van der Waals surface area contributed by atoms with Gasteiger partial charge in [-0.1, -0.05) is 32.6 Å². The molecular formula is C16H33NO3. The van der Waals surface area contributed by atoms with E-state index in [0.29, 0.717) is 12.5 Å². The van der Waals surface area contributed by atoms with E-state index in [2.05, 4.69) is 18.6 Å². The molecular weight excluding hydrogens is 254 g/mol. The van der Waals surface area contributed by atoms with E-state index in [-0.39, 0.29) is 5.97 Å². The summed E-state index contributed by atoms with van der Waals surface area (Å²) in [5, 5.41) is 0. The molecule has 120 valence electrons. The Morgan fingerprint density at radius 2 is 1.90 bits per heavy atom. The second-order valence-corrected chi connectivity index (χ2v) is 5.90. The standard InChI is InChI=1S/C16H33NO3/c1-5-6-7-8-11-14(2)20-13-10-9-12-16(3,17)15(18)19-4/h14H,5-13,17H2,1-4H3. The number of rotatable bonds is 12. The molecule has 4 nitrogen and oxygen atoms in total. The molecule has 2 unspecified atom stereocenters. The molecule has 0 saturated carbocycles. The van der Waals surface area contributed by atoms with Gasteiger partial charge in [-0.2, -0.15) is 0 Å². The van der Waals surface area contributed by atoms with Crippen molar-refractivity contribution in [2.24, 2.45) is 5.73 Å². The number of hydrogen-bond donors (Lipinski definition) is 1. The van der Waals surface area contributed by atoms with E-state index in [1.54, 1.807) is 6.92 Å². The van der Waals surface area contributed by atoms with Gasteiger partial charge in [0.15, 0.2) is 0 Å². The maximum Gasteiger partial charge on any atom is 0.325 e. The lowest BCUT2D eigenvalue weighted by molar-refractivity contribution is -0.146. The van der Waals surface area contributed by atoms with Crippen LogP contribution >= 0.6 is 0 Å². The minimum absolute atomic E-state index is 0.330. The SMILES string of the molecule is CCCCCCC(C)OCCCCC(C)(N)C(=O)OC. The van der Waals surface area contributed by atoms with Gasteiger partial charge in [0.2, 0.25) is 0 Å². The summed E-state index contributed by atoms with van der Waals surface area (Å²) in [6.45, 7) is 6.81. The Labute approximate surface area is 124 Å². The molecule has 0 heterocycles. The summed E-state index contributed by atoms with van der Waals surface area (Å²) in [5.74, 6) is -0.345. The average molecular weight is 287 g/mol. The fourth-order valence-electron chi connectivity index (χ4n) is 2.16. The van der Waals surface area contributed by atoms with Gasteiger partial charge in [0.05, 0.1) is 13.2 Å². The molecule has 0 fully saturated rings. The van der Waals surface area contributed by atoms with E-state index in [4.69, 9.17) is 10.5 Å². The van der Waals surface area contributed by atoms with Gasteiger partial charge in [0.25, 0.3) is 0 Å². The second kappa shape index (κ2) is 11.1. The normalized spacial score (nSPS) is 15.7. The summed E-state index contributed by atoms with van der Waals surface area (Å²) < 4.78 is 10.4. The highest BCUT2D eigenvalue weighted by Gasteiger charge is 2.28. The molecule has 0 amide bonds. The third-order valence-corrected chi connectivity index (χ3v) is 3.61. The maximum absolute atomic E-state index is 11.4. The first kappa shape index (κ1) is 19.4. The van der Waals surface area contributed by atoms with Crippen LogP contribution in [-0.4, -0.2) is 31.3 Å². The highest BCUT2D eigenvalue weighted by molar-refractivity contribution is 5.79. The first-order valence-corrected chi connectivity index (χ1v) is 7.93. The van der Waals surface area contributed by atoms with Crippen molar-refractivity contribution in [1.29, 1.82) is 0 Å². The predicted molar refractivity (Wildman–Crippen MR) is 82.6 cm³/mol. The summed E-state index contributed by atoms with van der Waals surface area (Å²) in [5.41, 5.74) is 5.02. The second-order valence-electron chi connectivity index (χ2n) is 5.90. The fourth-order valence-corrected chi connectivity index (χ4v) is 2.16. The molecule has 2 N–H and O–H groups in total. The van der Waals surface area contributed by atoms with Crippen molar-refractivity contribution in [2.45, 2.75) is 83.8 Å². The lowest BCUT2D eigenvalue weighted by Gasteiger charge is -2.21. The maximum atomic E-state index is 11.4. The summed E-state index contributed by atoms with van der Waals surface area (Å²) >= 11 is 0. The van der Waals surface area contributed by atoms with Crippen LogP contribution in [0, 0.1) is 0 Å². The molecule has 0 rings (SSSR count). The number of methoxy groups -OCH3 is 1. The first-order valence-electron chi connectivity index (χ1n) is 7.93. The zero-order valence-electron chi connectivity index (χ0n) is 13.7. The highest BCUT2D eigenvalue weighted by Crippen LogP contribution is 2.13. The lowest BCUT2D eigenvalue weighted by Crippen LogP contribution is -2.45. The van der Waals surface area contributed by atoms with E-state index < -0.39 is 5.54 Å². The number of carbonyl (C=O) groups is 1. The zero-order valence-corrected chi connectivity index (χ0v) is 13.7. The Morgan fingerprint density at radius 3 is 2.50 bits per heavy atom. The Kier molecular flexibility index (Phi) is 10.8. The molecule has 0 aromatic heterocycles. The molecule has 4 heteroatoms. The van der Waals surface area contributed by atoms with Gasteiger partial charge in [-0.3, -0.25) is 4.79 Å². The summed E-state index contributed by atoms with van der Waals surface area (Å²) in [7, 11) is 1.37. The van der Waals surface area contributed by atoms with Crippen molar-refractivity contribution in [3.8, 4) is 0 Å². The Morgan fingerprint density at radius 1 is 1.20 bits per heavy atom. The minimum atomic E-state index is -0.874. The highest BCUT2D eigenvalue weighted by atomic mass is 16.5. The molecule has 0 saturated heterocycles.